The van der Waals surface area contributed by atoms with Gasteiger partial charge in [0.05, 0.1) is 25.4 Å². The van der Waals surface area contributed by atoms with E-state index in [1.807, 2.05) is 6.07 Å². The molecule has 1 unspecified atom stereocenters. The minimum absolute atomic E-state index is 0.315. The van der Waals surface area contributed by atoms with E-state index in [2.05, 4.69) is 24.4 Å². The summed E-state index contributed by atoms with van der Waals surface area (Å²) in [5, 5.41) is 4.61. The fourth-order valence-electron chi connectivity index (χ4n) is 4.12. The lowest BCUT2D eigenvalue weighted by molar-refractivity contribution is 0.358. The first kappa shape index (κ1) is 19.7. The number of hydrogen-bond donors (Lipinski definition) is 2. The van der Waals surface area contributed by atoms with Crippen molar-refractivity contribution in [1.29, 1.82) is 0 Å². The van der Waals surface area contributed by atoms with Gasteiger partial charge in [0.2, 0.25) is 0 Å². The predicted octanol–water partition coefficient (Wildman–Crippen LogP) is 4.84. The number of fused-ring (bicyclic) bond motifs is 1. The Morgan fingerprint density at radius 3 is 2.63 bits per heavy atom. The number of ether oxygens (including phenoxy) is 2. The lowest BCUT2D eigenvalue weighted by Crippen LogP contribution is -2.17. The third-order valence-electron chi connectivity index (χ3n) is 5.61. The van der Waals surface area contributed by atoms with Gasteiger partial charge < -0.3 is 20.5 Å². The van der Waals surface area contributed by atoms with Gasteiger partial charge in [-0.3, -0.25) is 4.98 Å². The Morgan fingerprint density at radius 2 is 1.96 bits per heavy atom. The molecule has 0 spiro atoms. The van der Waals surface area contributed by atoms with E-state index in [1.165, 1.54) is 37.8 Å². The van der Waals surface area contributed by atoms with Crippen LogP contribution < -0.4 is 20.5 Å². The molecule has 0 radical (unpaired) electrons. The molecule has 3 rings (SSSR count). The summed E-state index contributed by atoms with van der Waals surface area (Å²) in [6, 6.07) is 6.64. The summed E-state index contributed by atoms with van der Waals surface area (Å²) in [5.74, 6) is 2.04. The Labute approximate surface area is 162 Å². The third-order valence-corrected chi connectivity index (χ3v) is 5.61. The van der Waals surface area contributed by atoms with Crippen LogP contribution in [0.25, 0.3) is 10.9 Å². The van der Waals surface area contributed by atoms with Crippen LogP contribution in [-0.2, 0) is 0 Å². The SMILES string of the molecule is COc1cc(NC(C)CCCN)c2nc(C3CCCCC3)ccc2c1OC. The second-order valence-electron chi connectivity index (χ2n) is 7.60. The summed E-state index contributed by atoms with van der Waals surface area (Å²) in [7, 11) is 3.36. The molecule has 5 heteroatoms. The highest BCUT2D eigenvalue weighted by Crippen LogP contribution is 2.41. The van der Waals surface area contributed by atoms with E-state index >= 15 is 0 Å². The molecule has 1 aliphatic carbocycles. The molecule has 1 aromatic heterocycles. The zero-order chi connectivity index (χ0) is 19.2. The molecular formula is C22H33N3O2. The molecule has 1 heterocycles. The molecule has 1 saturated carbocycles. The van der Waals surface area contributed by atoms with Gasteiger partial charge in [0, 0.05) is 29.1 Å². The molecular weight excluding hydrogens is 338 g/mol. The Balaban J connectivity index is 2.03. The maximum absolute atomic E-state index is 5.67. The van der Waals surface area contributed by atoms with Gasteiger partial charge >= 0.3 is 0 Å². The van der Waals surface area contributed by atoms with Crippen molar-refractivity contribution >= 4 is 16.6 Å². The van der Waals surface area contributed by atoms with Gasteiger partial charge in [0.15, 0.2) is 11.5 Å². The van der Waals surface area contributed by atoms with Crippen molar-refractivity contribution in [3.8, 4) is 11.5 Å². The number of hydrogen-bond acceptors (Lipinski definition) is 5. The van der Waals surface area contributed by atoms with Gasteiger partial charge in [-0.05, 0) is 51.3 Å². The number of nitrogens with two attached hydrogens (primary N) is 1. The molecule has 2 aromatic rings. The summed E-state index contributed by atoms with van der Waals surface area (Å²) in [6.45, 7) is 2.89. The van der Waals surface area contributed by atoms with E-state index in [0.717, 1.165) is 40.9 Å². The van der Waals surface area contributed by atoms with Crippen molar-refractivity contribution < 1.29 is 9.47 Å². The van der Waals surface area contributed by atoms with Crippen molar-refractivity contribution in [2.45, 2.75) is 63.8 Å². The fourth-order valence-corrected chi connectivity index (χ4v) is 4.12. The van der Waals surface area contributed by atoms with Crippen molar-refractivity contribution in [3.05, 3.63) is 23.9 Å². The summed E-state index contributed by atoms with van der Waals surface area (Å²) < 4.78 is 11.2. The maximum Gasteiger partial charge on any atom is 0.170 e. The zero-order valence-electron chi connectivity index (χ0n) is 16.9. The molecule has 3 N–H and O–H groups in total. The zero-order valence-corrected chi connectivity index (χ0v) is 16.9. The molecule has 5 nitrogen and oxygen atoms in total. The van der Waals surface area contributed by atoms with Crippen molar-refractivity contribution in [1.82, 2.24) is 4.98 Å². The number of rotatable bonds is 8. The largest absolute Gasteiger partial charge is 0.493 e. The highest BCUT2D eigenvalue weighted by molar-refractivity contribution is 5.97. The van der Waals surface area contributed by atoms with Crippen LogP contribution in [0.3, 0.4) is 0 Å². The van der Waals surface area contributed by atoms with Crippen molar-refractivity contribution in [2.75, 3.05) is 26.1 Å². The molecule has 1 fully saturated rings. The Morgan fingerprint density at radius 1 is 1.19 bits per heavy atom. The van der Waals surface area contributed by atoms with E-state index in [4.69, 9.17) is 20.2 Å². The number of anilines is 1. The maximum atomic E-state index is 5.67. The molecule has 0 amide bonds. The quantitative estimate of drug-likeness (QED) is 0.695. The minimum atomic E-state index is 0.315. The van der Waals surface area contributed by atoms with Gasteiger partial charge in [-0.15, -0.1) is 0 Å². The molecule has 27 heavy (non-hydrogen) atoms. The summed E-state index contributed by atoms with van der Waals surface area (Å²) in [6.07, 6.45) is 8.45. The molecule has 1 atom stereocenters. The van der Waals surface area contributed by atoms with Gasteiger partial charge in [-0.25, -0.2) is 0 Å². The monoisotopic (exact) mass is 371 g/mol. The number of aromatic nitrogens is 1. The van der Waals surface area contributed by atoms with E-state index in [9.17, 15) is 0 Å². The molecule has 0 aliphatic heterocycles. The highest BCUT2D eigenvalue weighted by atomic mass is 16.5. The molecule has 148 valence electrons. The van der Waals surface area contributed by atoms with E-state index in [1.54, 1.807) is 14.2 Å². The van der Waals surface area contributed by atoms with E-state index in [-0.39, 0.29) is 0 Å². The van der Waals surface area contributed by atoms with E-state index < -0.39 is 0 Å². The lowest BCUT2D eigenvalue weighted by Gasteiger charge is -2.23. The fraction of sp³-hybridized carbons (Fsp3) is 0.591. The van der Waals surface area contributed by atoms with Crippen LogP contribution >= 0.6 is 0 Å². The summed E-state index contributed by atoms with van der Waals surface area (Å²) in [4.78, 5) is 5.09. The summed E-state index contributed by atoms with van der Waals surface area (Å²) >= 11 is 0. The van der Waals surface area contributed by atoms with Crippen LogP contribution in [0.5, 0.6) is 11.5 Å². The first-order chi connectivity index (χ1) is 13.2. The van der Waals surface area contributed by atoms with Crippen LogP contribution in [0, 0.1) is 0 Å². The topological polar surface area (TPSA) is 69.4 Å². The highest BCUT2D eigenvalue weighted by Gasteiger charge is 2.20. The number of pyridine rings is 1. The third kappa shape index (κ3) is 4.46. The van der Waals surface area contributed by atoms with E-state index in [0.29, 0.717) is 18.5 Å². The number of nitrogens with one attached hydrogen (secondary N) is 1. The second kappa shape index (κ2) is 9.27. The van der Waals surface area contributed by atoms with Gasteiger partial charge in [-0.1, -0.05) is 19.3 Å². The van der Waals surface area contributed by atoms with Crippen molar-refractivity contribution in [2.24, 2.45) is 5.73 Å². The average Bonchev–Trinajstić information content (AvgIpc) is 2.72. The Kier molecular flexibility index (Phi) is 6.78. The van der Waals surface area contributed by atoms with Crippen molar-refractivity contribution in [3.63, 3.8) is 0 Å². The summed E-state index contributed by atoms with van der Waals surface area (Å²) in [5.41, 5.74) is 8.84. The number of methoxy groups -OCH3 is 2. The second-order valence-corrected chi connectivity index (χ2v) is 7.60. The first-order valence-corrected chi connectivity index (χ1v) is 10.2. The van der Waals surface area contributed by atoms with Crippen LogP contribution in [-0.4, -0.2) is 31.8 Å². The number of nitrogens with zero attached hydrogens (tertiary/aromatic N) is 1. The van der Waals surface area contributed by atoms with Gasteiger partial charge in [0.1, 0.15) is 0 Å². The van der Waals surface area contributed by atoms with Crippen LogP contribution in [0.2, 0.25) is 0 Å². The molecule has 1 aliphatic rings. The smallest absolute Gasteiger partial charge is 0.170 e. The normalized spacial score (nSPS) is 16.3. The lowest BCUT2D eigenvalue weighted by atomic mass is 9.86. The molecule has 0 saturated heterocycles. The van der Waals surface area contributed by atoms with Gasteiger partial charge in [-0.2, -0.15) is 0 Å². The first-order valence-electron chi connectivity index (χ1n) is 10.2. The average molecular weight is 372 g/mol. The molecule has 0 bridgehead atoms. The Hall–Kier alpha value is -2.01. The standard InChI is InChI=1S/C22H33N3O2/c1-15(8-7-13-23)24-19-14-20(26-2)22(27-3)17-11-12-18(25-21(17)19)16-9-5-4-6-10-16/h11-12,14-16,24H,4-10,13,23H2,1-3H3. The van der Waals surface area contributed by atoms with Gasteiger partial charge in [0.25, 0.3) is 0 Å². The minimum Gasteiger partial charge on any atom is -0.493 e. The van der Waals surface area contributed by atoms with Crippen LogP contribution in [0.15, 0.2) is 18.2 Å². The van der Waals surface area contributed by atoms with Crippen LogP contribution in [0.4, 0.5) is 5.69 Å². The molecule has 1 aromatic carbocycles. The predicted molar refractivity (Wildman–Crippen MR) is 112 cm³/mol. The Bertz CT molecular complexity index is 757. The van der Waals surface area contributed by atoms with Crippen LogP contribution in [0.1, 0.15) is 63.5 Å². The number of benzene rings is 1.